The third-order valence-electron chi connectivity index (χ3n) is 2.93. The SMILES string of the molecule is C/C(=N\NC(=O)Cc1cccn1C)c1ccccc1. The summed E-state index contributed by atoms with van der Waals surface area (Å²) in [5.41, 5.74) is 5.34. The van der Waals surface area contributed by atoms with E-state index in [-0.39, 0.29) is 5.91 Å². The zero-order chi connectivity index (χ0) is 13.7. The van der Waals surface area contributed by atoms with Gasteiger partial charge in [-0.2, -0.15) is 5.10 Å². The molecule has 0 aliphatic rings. The molecular weight excluding hydrogens is 238 g/mol. The molecule has 0 saturated carbocycles. The van der Waals surface area contributed by atoms with Crippen molar-refractivity contribution in [1.82, 2.24) is 9.99 Å². The molecule has 98 valence electrons. The molecule has 1 N–H and O–H groups in total. The minimum atomic E-state index is -0.114. The summed E-state index contributed by atoms with van der Waals surface area (Å²) in [4.78, 5) is 11.8. The number of rotatable bonds is 4. The molecule has 0 fully saturated rings. The van der Waals surface area contributed by atoms with Crippen LogP contribution < -0.4 is 5.43 Å². The van der Waals surface area contributed by atoms with E-state index in [1.54, 1.807) is 0 Å². The lowest BCUT2D eigenvalue weighted by Gasteiger charge is -2.04. The topological polar surface area (TPSA) is 46.4 Å². The van der Waals surface area contributed by atoms with Gasteiger partial charge in [-0.3, -0.25) is 4.79 Å². The minimum absolute atomic E-state index is 0.114. The summed E-state index contributed by atoms with van der Waals surface area (Å²) in [5.74, 6) is -0.114. The van der Waals surface area contributed by atoms with Crippen LogP contribution in [-0.2, 0) is 18.3 Å². The molecule has 1 amide bonds. The summed E-state index contributed by atoms with van der Waals surface area (Å²) < 4.78 is 1.92. The van der Waals surface area contributed by atoms with E-state index in [4.69, 9.17) is 0 Å². The first-order valence-corrected chi connectivity index (χ1v) is 6.15. The Morgan fingerprint density at radius 3 is 2.58 bits per heavy atom. The molecule has 1 aromatic heterocycles. The van der Waals surface area contributed by atoms with E-state index in [2.05, 4.69) is 10.5 Å². The lowest BCUT2D eigenvalue weighted by molar-refractivity contribution is -0.120. The van der Waals surface area contributed by atoms with Gasteiger partial charge in [-0.1, -0.05) is 30.3 Å². The number of nitrogens with one attached hydrogen (secondary N) is 1. The molecule has 1 aromatic carbocycles. The van der Waals surface area contributed by atoms with Crippen molar-refractivity contribution in [1.29, 1.82) is 0 Å². The molecule has 0 bridgehead atoms. The highest BCUT2D eigenvalue weighted by Crippen LogP contribution is 2.02. The summed E-state index contributed by atoms with van der Waals surface area (Å²) in [6.45, 7) is 1.87. The molecule has 0 unspecified atom stereocenters. The van der Waals surface area contributed by atoms with Crippen molar-refractivity contribution in [2.24, 2.45) is 12.1 Å². The van der Waals surface area contributed by atoms with Crippen LogP contribution in [0.4, 0.5) is 0 Å². The molecule has 4 nitrogen and oxygen atoms in total. The molecule has 19 heavy (non-hydrogen) atoms. The second kappa shape index (κ2) is 6.00. The minimum Gasteiger partial charge on any atom is -0.354 e. The third kappa shape index (κ3) is 3.55. The van der Waals surface area contributed by atoms with E-state index in [1.807, 2.05) is 67.2 Å². The quantitative estimate of drug-likeness (QED) is 0.660. The number of benzene rings is 1. The monoisotopic (exact) mass is 255 g/mol. The first-order chi connectivity index (χ1) is 9.16. The number of carbonyl (C=O) groups excluding carboxylic acids is 1. The van der Waals surface area contributed by atoms with Crippen LogP contribution in [0.15, 0.2) is 53.8 Å². The first-order valence-electron chi connectivity index (χ1n) is 6.15. The fraction of sp³-hybridized carbons (Fsp3) is 0.200. The largest absolute Gasteiger partial charge is 0.354 e. The van der Waals surface area contributed by atoms with Gasteiger partial charge >= 0.3 is 0 Å². The Kier molecular flexibility index (Phi) is 4.13. The van der Waals surface area contributed by atoms with Crippen molar-refractivity contribution in [3.63, 3.8) is 0 Å². The molecule has 0 aliphatic carbocycles. The van der Waals surface area contributed by atoms with E-state index >= 15 is 0 Å². The van der Waals surface area contributed by atoms with Crippen LogP contribution in [0.25, 0.3) is 0 Å². The Morgan fingerprint density at radius 2 is 1.95 bits per heavy atom. The summed E-state index contributed by atoms with van der Waals surface area (Å²) in [6, 6.07) is 13.6. The number of amides is 1. The molecule has 1 heterocycles. The normalized spacial score (nSPS) is 11.4. The van der Waals surface area contributed by atoms with E-state index in [1.165, 1.54) is 0 Å². The van der Waals surface area contributed by atoms with Gasteiger partial charge in [0.05, 0.1) is 12.1 Å². The number of hydrazone groups is 1. The highest BCUT2D eigenvalue weighted by Gasteiger charge is 2.05. The number of hydrogen-bond donors (Lipinski definition) is 1. The van der Waals surface area contributed by atoms with Crippen molar-refractivity contribution in [3.8, 4) is 0 Å². The second-order valence-corrected chi connectivity index (χ2v) is 4.39. The van der Waals surface area contributed by atoms with Crippen molar-refractivity contribution >= 4 is 11.6 Å². The maximum absolute atomic E-state index is 11.8. The van der Waals surface area contributed by atoms with E-state index in [9.17, 15) is 4.79 Å². The molecule has 0 spiro atoms. The van der Waals surface area contributed by atoms with Gasteiger partial charge in [0, 0.05) is 18.9 Å². The maximum atomic E-state index is 11.8. The van der Waals surface area contributed by atoms with Crippen LogP contribution in [0, 0.1) is 0 Å². The van der Waals surface area contributed by atoms with Crippen molar-refractivity contribution in [2.45, 2.75) is 13.3 Å². The van der Waals surface area contributed by atoms with Crippen molar-refractivity contribution in [2.75, 3.05) is 0 Å². The fourth-order valence-corrected chi connectivity index (χ4v) is 1.77. The Hall–Kier alpha value is -2.36. The maximum Gasteiger partial charge on any atom is 0.246 e. The van der Waals surface area contributed by atoms with Crippen LogP contribution in [0.2, 0.25) is 0 Å². The molecular formula is C15H17N3O. The Labute approximate surface area is 112 Å². The van der Waals surface area contributed by atoms with E-state index < -0.39 is 0 Å². The van der Waals surface area contributed by atoms with Crippen LogP contribution in [0.3, 0.4) is 0 Å². The zero-order valence-electron chi connectivity index (χ0n) is 11.1. The van der Waals surface area contributed by atoms with E-state index in [0.29, 0.717) is 6.42 Å². The standard InChI is InChI=1S/C15H17N3O/c1-12(13-7-4-3-5-8-13)16-17-15(19)11-14-9-6-10-18(14)2/h3-10H,11H2,1-2H3,(H,17,19)/b16-12+. The summed E-state index contributed by atoms with van der Waals surface area (Å²) in [7, 11) is 1.92. The molecule has 0 atom stereocenters. The van der Waals surface area contributed by atoms with Crippen molar-refractivity contribution < 1.29 is 4.79 Å². The third-order valence-corrected chi connectivity index (χ3v) is 2.93. The highest BCUT2D eigenvalue weighted by molar-refractivity contribution is 5.99. The average Bonchev–Trinajstić information content (AvgIpc) is 2.82. The smallest absolute Gasteiger partial charge is 0.246 e. The number of carbonyl (C=O) groups is 1. The van der Waals surface area contributed by atoms with Gasteiger partial charge in [0.2, 0.25) is 5.91 Å². The molecule has 2 rings (SSSR count). The molecule has 2 aromatic rings. The number of aromatic nitrogens is 1. The Morgan fingerprint density at radius 1 is 1.21 bits per heavy atom. The fourth-order valence-electron chi connectivity index (χ4n) is 1.77. The van der Waals surface area contributed by atoms with Gasteiger partial charge in [-0.25, -0.2) is 5.43 Å². The predicted octanol–water partition coefficient (Wildman–Crippen LogP) is 2.11. The first kappa shape index (κ1) is 13.1. The van der Waals surface area contributed by atoms with Crippen LogP contribution >= 0.6 is 0 Å². The Balaban J connectivity index is 1.95. The lowest BCUT2D eigenvalue weighted by Crippen LogP contribution is -2.22. The van der Waals surface area contributed by atoms with Gasteiger partial charge in [0.25, 0.3) is 0 Å². The highest BCUT2D eigenvalue weighted by atomic mass is 16.2. The van der Waals surface area contributed by atoms with E-state index in [0.717, 1.165) is 17.0 Å². The number of aryl methyl sites for hydroxylation is 1. The number of hydrogen-bond acceptors (Lipinski definition) is 2. The summed E-state index contributed by atoms with van der Waals surface area (Å²) in [5, 5.41) is 4.11. The van der Waals surface area contributed by atoms with Crippen LogP contribution in [0.1, 0.15) is 18.2 Å². The van der Waals surface area contributed by atoms with Gasteiger partial charge in [0.15, 0.2) is 0 Å². The van der Waals surface area contributed by atoms with Gasteiger partial charge < -0.3 is 4.57 Å². The van der Waals surface area contributed by atoms with Crippen molar-refractivity contribution in [3.05, 3.63) is 59.9 Å². The molecule has 0 radical (unpaired) electrons. The number of nitrogens with zero attached hydrogens (tertiary/aromatic N) is 2. The molecule has 4 heteroatoms. The molecule has 0 aliphatic heterocycles. The van der Waals surface area contributed by atoms with Gasteiger partial charge in [0.1, 0.15) is 0 Å². The Bertz CT molecular complexity index is 584. The summed E-state index contributed by atoms with van der Waals surface area (Å²) >= 11 is 0. The second-order valence-electron chi connectivity index (χ2n) is 4.39. The predicted molar refractivity (Wildman–Crippen MR) is 75.9 cm³/mol. The van der Waals surface area contributed by atoms with Gasteiger partial charge in [-0.15, -0.1) is 0 Å². The van der Waals surface area contributed by atoms with Gasteiger partial charge in [-0.05, 0) is 24.6 Å². The van der Waals surface area contributed by atoms with Crippen LogP contribution in [0.5, 0.6) is 0 Å². The summed E-state index contributed by atoms with van der Waals surface area (Å²) in [6.07, 6.45) is 2.25. The lowest BCUT2D eigenvalue weighted by atomic mass is 10.1. The molecule has 0 saturated heterocycles. The zero-order valence-corrected chi connectivity index (χ0v) is 11.1. The van der Waals surface area contributed by atoms with Crippen LogP contribution in [-0.4, -0.2) is 16.2 Å². The average molecular weight is 255 g/mol.